The number of methoxy groups -OCH3 is 1. The molecule has 0 aliphatic carbocycles. The second-order valence-electron chi connectivity index (χ2n) is 4.61. The van der Waals surface area contributed by atoms with Crippen LogP contribution in [-0.4, -0.2) is 7.11 Å². The lowest BCUT2D eigenvalue weighted by atomic mass is 10.3. The molecule has 0 heterocycles. The zero-order valence-corrected chi connectivity index (χ0v) is 14.7. The van der Waals surface area contributed by atoms with Crippen molar-refractivity contribution < 1.29 is 21.7 Å². The summed E-state index contributed by atoms with van der Waals surface area (Å²) in [6.45, 7) is 0. The SMILES string of the molecule is COc1ccc([S+](c2ccccc2)c2ccccc2)cc1.[Br-]. The standard InChI is InChI=1S/C19H17OS.BrH/c1-20-16-12-14-19(15-13-16)21(17-8-4-2-5-9-17)18-10-6-3-7-11-18;/h2-15H,1H3;1H/q+1;/p-1. The van der Waals surface area contributed by atoms with E-state index >= 15 is 0 Å². The molecule has 3 rings (SSSR count). The predicted molar refractivity (Wildman–Crippen MR) is 88.0 cm³/mol. The molecule has 0 atom stereocenters. The van der Waals surface area contributed by atoms with Gasteiger partial charge in [0.25, 0.3) is 0 Å². The molecule has 0 fully saturated rings. The van der Waals surface area contributed by atoms with Gasteiger partial charge in [-0.1, -0.05) is 36.4 Å². The van der Waals surface area contributed by atoms with E-state index in [1.54, 1.807) is 7.11 Å². The van der Waals surface area contributed by atoms with Crippen LogP contribution in [0.1, 0.15) is 0 Å². The van der Waals surface area contributed by atoms with Crippen molar-refractivity contribution >= 4 is 10.9 Å². The van der Waals surface area contributed by atoms with Crippen molar-refractivity contribution in [1.29, 1.82) is 0 Å². The quantitative estimate of drug-likeness (QED) is 0.634. The van der Waals surface area contributed by atoms with Crippen molar-refractivity contribution in [3.63, 3.8) is 0 Å². The molecular formula is C19H17BrOS. The van der Waals surface area contributed by atoms with E-state index in [9.17, 15) is 0 Å². The van der Waals surface area contributed by atoms with E-state index in [2.05, 4.69) is 72.8 Å². The molecule has 112 valence electrons. The van der Waals surface area contributed by atoms with E-state index in [0.717, 1.165) is 5.75 Å². The molecular weight excluding hydrogens is 356 g/mol. The van der Waals surface area contributed by atoms with Crippen molar-refractivity contribution in [2.24, 2.45) is 0 Å². The average Bonchev–Trinajstić information content (AvgIpc) is 2.58. The Bertz CT molecular complexity index is 644. The topological polar surface area (TPSA) is 9.23 Å². The Morgan fingerprint density at radius 2 is 1.00 bits per heavy atom. The highest BCUT2D eigenvalue weighted by Crippen LogP contribution is 2.31. The van der Waals surface area contributed by atoms with Crippen LogP contribution in [0.5, 0.6) is 5.75 Å². The lowest BCUT2D eigenvalue weighted by molar-refractivity contribution is -0.00000447. The number of hydrogen-bond acceptors (Lipinski definition) is 1. The van der Waals surface area contributed by atoms with Gasteiger partial charge in [0.05, 0.1) is 18.0 Å². The lowest BCUT2D eigenvalue weighted by Gasteiger charge is -2.08. The van der Waals surface area contributed by atoms with E-state index in [1.807, 2.05) is 12.1 Å². The third kappa shape index (κ3) is 3.73. The minimum absolute atomic E-state index is 0. The van der Waals surface area contributed by atoms with Crippen LogP contribution in [0.15, 0.2) is 99.6 Å². The minimum Gasteiger partial charge on any atom is -1.00 e. The van der Waals surface area contributed by atoms with Crippen LogP contribution in [0, 0.1) is 0 Å². The zero-order chi connectivity index (χ0) is 14.5. The molecule has 3 heteroatoms. The fraction of sp³-hybridized carbons (Fsp3) is 0.0526. The molecule has 0 spiro atoms. The van der Waals surface area contributed by atoms with Crippen molar-refractivity contribution in [3.8, 4) is 5.75 Å². The fourth-order valence-corrected chi connectivity index (χ4v) is 4.32. The van der Waals surface area contributed by atoms with Crippen molar-refractivity contribution in [3.05, 3.63) is 84.9 Å². The van der Waals surface area contributed by atoms with E-state index in [0.29, 0.717) is 0 Å². The van der Waals surface area contributed by atoms with Crippen LogP contribution in [0.2, 0.25) is 0 Å². The van der Waals surface area contributed by atoms with Gasteiger partial charge in [-0.25, -0.2) is 0 Å². The lowest BCUT2D eigenvalue weighted by Crippen LogP contribution is -3.00. The van der Waals surface area contributed by atoms with Crippen LogP contribution < -0.4 is 21.7 Å². The molecule has 3 aromatic carbocycles. The van der Waals surface area contributed by atoms with Gasteiger partial charge in [-0.3, -0.25) is 0 Å². The summed E-state index contributed by atoms with van der Waals surface area (Å²) in [4.78, 5) is 3.95. The van der Waals surface area contributed by atoms with Crippen LogP contribution in [0.25, 0.3) is 0 Å². The third-order valence-corrected chi connectivity index (χ3v) is 5.48. The summed E-state index contributed by atoms with van der Waals surface area (Å²) in [6, 6.07) is 29.7. The van der Waals surface area contributed by atoms with Gasteiger partial charge in [0, 0.05) is 0 Å². The Kier molecular flexibility index (Phi) is 6.10. The highest BCUT2D eigenvalue weighted by atomic mass is 79.9. The molecule has 0 aliphatic heterocycles. The van der Waals surface area contributed by atoms with E-state index in [4.69, 9.17) is 4.74 Å². The summed E-state index contributed by atoms with van der Waals surface area (Å²) in [5, 5.41) is 0. The van der Waals surface area contributed by atoms with Gasteiger partial charge in [0.2, 0.25) is 0 Å². The van der Waals surface area contributed by atoms with Gasteiger partial charge >= 0.3 is 0 Å². The van der Waals surface area contributed by atoms with Gasteiger partial charge in [0.15, 0.2) is 14.7 Å². The summed E-state index contributed by atoms with van der Waals surface area (Å²) in [6.07, 6.45) is 0. The normalized spacial score (nSPS) is 10.1. The molecule has 0 saturated carbocycles. The Morgan fingerprint density at radius 1 is 0.591 bits per heavy atom. The van der Waals surface area contributed by atoms with Crippen LogP contribution >= 0.6 is 0 Å². The molecule has 0 bridgehead atoms. The maximum absolute atomic E-state index is 5.26. The molecule has 1 nitrogen and oxygen atoms in total. The molecule has 0 radical (unpaired) electrons. The van der Waals surface area contributed by atoms with Crippen LogP contribution in [-0.2, 0) is 10.9 Å². The second kappa shape index (κ2) is 8.06. The first-order valence-corrected chi connectivity index (χ1v) is 8.09. The fourth-order valence-electron chi connectivity index (χ4n) is 2.23. The second-order valence-corrected chi connectivity index (χ2v) is 6.63. The molecule has 0 aromatic heterocycles. The Hall–Kier alpha value is -1.71. The van der Waals surface area contributed by atoms with Gasteiger partial charge in [-0.05, 0) is 48.5 Å². The third-order valence-electron chi connectivity index (χ3n) is 3.25. The predicted octanol–water partition coefficient (Wildman–Crippen LogP) is 1.79. The summed E-state index contributed by atoms with van der Waals surface area (Å²) in [7, 11) is 1.62. The first kappa shape index (κ1) is 16.7. The Labute approximate surface area is 145 Å². The van der Waals surface area contributed by atoms with Crippen molar-refractivity contribution in [1.82, 2.24) is 0 Å². The number of halogens is 1. The molecule has 0 aliphatic rings. The molecule has 0 amide bonds. The molecule has 22 heavy (non-hydrogen) atoms. The first-order valence-electron chi connectivity index (χ1n) is 6.87. The molecule has 0 saturated heterocycles. The number of benzene rings is 3. The van der Waals surface area contributed by atoms with E-state index in [-0.39, 0.29) is 27.9 Å². The van der Waals surface area contributed by atoms with Crippen molar-refractivity contribution in [2.75, 3.05) is 7.11 Å². The van der Waals surface area contributed by atoms with Gasteiger partial charge in [0.1, 0.15) is 5.75 Å². The largest absolute Gasteiger partial charge is 1.00 e. The molecule has 0 N–H and O–H groups in total. The van der Waals surface area contributed by atoms with Gasteiger partial charge in [-0.15, -0.1) is 0 Å². The number of rotatable bonds is 4. The van der Waals surface area contributed by atoms with Crippen LogP contribution in [0.4, 0.5) is 0 Å². The van der Waals surface area contributed by atoms with E-state index < -0.39 is 0 Å². The summed E-state index contributed by atoms with van der Waals surface area (Å²) >= 11 is 0. The zero-order valence-electron chi connectivity index (χ0n) is 12.3. The number of hydrogen-bond donors (Lipinski definition) is 0. The monoisotopic (exact) mass is 372 g/mol. The highest BCUT2D eigenvalue weighted by Gasteiger charge is 2.27. The first-order chi connectivity index (χ1) is 10.4. The van der Waals surface area contributed by atoms with E-state index in [1.165, 1.54) is 14.7 Å². The number of ether oxygens (including phenoxy) is 1. The Morgan fingerprint density at radius 3 is 1.41 bits per heavy atom. The summed E-state index contributed by atoms with van der Waals surface area (Å²) < 4.78 is 5.26. The molecule has 3 aromatic rings. The molecule has 0 unspecified atom stereocenters. The average molecular weight is 373 g/mol. The van der Waals surface area contributed by atoms with Gasteiger partial charge in [-0.2, -0.15) is 0 Å². The smallest absolute Gasteiger partial charge is 0.166 e. The van der Waals surface area contributed by atoms with Gasteiger partial charge < -0.3 is 21.7 Å². The maximum Gasteiger partial charge on any atom is 0.166 e. The van der Waals surface area contributed by atoms with Crippen LogP contribution in [0.3, 0.4) is 0 Å². The minimum atomic E-state index is -0.0804. The Balaban J connectivity index is 0.00000176. The summed E-state index contributed by atoms with van der Waals surface area (Å²) in [5.74, 6) is 0.892. The highest BCUT2D eigenvalue weighted by molar-refractivity contribution is 7.97. The summed E-state index contributed by atoms with van der Waals surface area (Å²) in [5.41, 5.74) is 0. The van der Waals surface area contributed by atoms with Crippen molar-refractivity contribution in [2.45, 2.75) is 14.7 Å². The maximum atomic E-state index is 5.26.